The second-order valence-corrected chi connectivity index (χ2v) is 11.9. The number of rotatable bonds is 0. The van der Waals surface area contributed by atoms with Gasteiger partial charge in [-0.05, 0) is 32.6 Å². The van der Waals surface area contributed by atoms with Gasteiger partial charge in [-0.25, -0.2) is 0 Å². The van der Waals surface area contributed by atoms with Crippen LogP contribution in [0.25, 0.3) is 21.5 Å². The van der Waals surface area contributed by atoms with Gasteiger partial charge in [0.15, 0.2) is 0 Å². The Bertz CT molecular complexity index is 1140. The summed E-state index contributed by atoms with van der Waals surface area (Å²) in [6.07, 6.45) is 0. The van der Waals surface area contributed by atoms with E-state index in [0.29, 0.717) is 0 Å². The Labute approximate surface area is 149 Å². The summed E-state index contributed by atoms with van der Waals surface area (Å²) in [4.78, 5) is 2.41. The van der Waals surface area contributed by atoms with E-state index >= 15 is 0 Å². The minimum atomic E-state index is -1.75. The van der Waals surface area contributed by atoms with Crippen LogP contribution >= 0.6 is 0 Å². The maximum absolute atomic E-state index is 2.49. The number of fused-ring (bicyclic) bond motifs is 5. The van der Waals surface area contributed by atoms with E-state index in [9.17, 15) is 0 Å². The molecule has 0 atom stereocenters. The average molecular weight is 340 g/mol. The third kappa shape index (κ3) is 1.95. The number of hydrogen-bond acceptors (Lipinski definition) is 1. The minimum Gasteiger partial charge on any atom is -0.344 e. The SMILES string of the molecule is CN1c2cc3ccccc3cc2[Si](C)(C)c2ccc3ccccc3c21. The largest absolute Gasteiger partial charge is 0.344 e. The zero-order chi connectivity index (χ0) is 17.2. The lowest BCUT2D eigenvalue weighted by Crippen LogP contribution is -2.58. The average Bonchev–Trinajstić information content (AvgIpc) is 2.64. The van der Waals surface area contributed by atoms with Crippen LogP contribution in [0.4, 0.5) is 11.4 Å². The van der Waals surface area contributed by atoms with E-state index in [1.807, 2.05) is 0 Å². The summed E-state index contributed by atoms with van der Waals surface area (Å²) in [5.41, 5.74) is 2.77. The van der Waals surface area contributed by atoms with Crippen LogP contribution < -0.4 is 15.3 Å². The molecular weight excluding hydrogens is 318 g/mol. The standard InChI is InChI=1S/C23H21NSi/c1-24-20-14-17-9-4-5-10-18(17)15-22(20)25(2,3)21-13-12-16-8-6-7-11-19(16)23(21)24/h4-15H,1-3H3. The minimum absolute atomic E-state index is 1.32. The quantitative estimate of drug-likeness (QED) is 0.412. The molecule has 0 unspecified atom stereocenters. The normalized spacial score (nSPS) is 15.2. The number of nitrogens with zero attached hydrogens (tertiary/aromatic N) is 1. The van der Waals surface area contributed by atoms with Gasteiger partial charge < -0.3 is 4.90 Å². The van der Waals surface area contributed by atoms with Crippen molar-refractivity contribution >= 4 is 51.4 Å². The Morgan fingerprint density at radius 2 is 1.32 bits per heavy atom. The molecular formula is C23H21NSi. The zero-order valence-electron chi connectivity index (χ0n) is 14.9. The summed E-state index contributed by atoms with van der Waals surface area (Å²) >= 11 is 0. The van der Waals surface area contributed by atoms with Gasteiger partial charge in [0.25, 0.3) is 0 Å². The van der Waals surface area contributed by atoms with E-state index in [1.165, 1.54) is 43.3 Å². The second-order valence-electron chi connectivity index (χ2n) is 7.58. The van der Waals surface area contributed by atoms with Crippen molar-refractivity contribution in [3.05, 3.63) is 72.8 Å². The highest BCUT2D eigenvalue weighted by atomic mass is 28.3. The molecule has 1 nitrogen and oxygen atoms in total. The molecule has 0 fully saturated rings. The third-order valence-corrected chi connectivity index (χ3v) is 9.31. The Balaban J connectivity index is 1.90. The number of hydrogen-bond donors (Lipinski definition) is 0. The predicted octanol–water partition coefficient (Wildman–Crippen LogP) is 4.90. The molecule has 0 bridgehead atoms. The molecule has 25 heavy (non-hydrogen) atoms. The van der Waals surface area contributed by atoms with Gasteiger partial charge in [-0.2, -0.15) is 0 Å². The van der Waals surface area contributed by atoms with E-state index in [2.05, 4.69) is 97.8 Å². The van der Waals surface area contributed by atoms with E-state index in [-0.39, 0.29) is 0 Å². The molecule has 0 N–H and O–H groups in total. The summed E-state index contributed by atoms with van der Waals surface area (Å²) < 4.78 is 0. The van der Waals surface area contributed by atoms with E-state index in [4.69, 9.17) is 0 Å². The molecule has 0 saturated heterocycles. The molecule has 122 valence electrons. The van der Waals surface area contributed by atoms with E-state index in [1.54, 1.807) is 0 Å². The first-order valence-corrected chi connectivity index (χ1v) is 11.9. The van der Waals surface area contributed by atoms with Crippen molar-refractivity contribution in [1.29, 1.82) is 0 Å². The third-order valence-electron chi connectivity index (χ3n) is 5.81. The van der Waals surface area contributed by atoms with Gasteiger partial charge >= 0.3 is 0 Å². The molecule has 1 aliphatic heterocycles. The molecule has 0 amide bonds. The van der Waals surface area contributed by atoms with Crippen LogP contribution in [0.3, 0.4) is 0 Å². The Morgan fingerprint density at radius 3 is 2.08 bits per heavy atom. The van der Waals surface area contributed by atoms with Gasteiger partial charge in [0, 0.05) is 23.8 Å². The Morgan fingerprint density at radius 1 is 0.680 bits per heavy atom. The van der Waals surface area contributed by atoms with Crippen LogP contribution in [0, 0.1) is 0 Å². The molecule has 2 heteroatoms. The molecule has 0 aromatic heterocycles. The first-order valence-electron chi connectivity index (χ1n) is 8.86. The summed E-state index contributed by atoms with van der Waals surface area (Å²) in [6.45, 7) is 4.97. The van der Waals surface area contributed by atoms with Crippen LogP contribution in [-0.2, 0) is 0 Å². The molecule has 1 aliphatic rings. The molecule has 1 heterocycles. The predicted molar refractivity (Wildman–Crippen MR) is 113 cm³/mol. The molecule has 0 spiro atoms. The topological polar surface area (TPSA) is 3.24 Å². The second kappa shape index (κ2) is 4.96. The van der Waals surface area contributed by atoms with Crippen molar-refractivity contribution in [2.75, 3.05) is 11.9 Å². The fourth-order valence-electron chi connectivity index (χ4n) is 4.39. The lowest BCUT2D eigenvalue weighted by molar-refractivity contribution is 1.23. The summed E-state index contributed by atoms with van der Waals surface area (Å²) in [5, 5.41) is 8.43. The van der Waals surface area contributed by atoms with Crippen molar-refractivity contribution in [3.8, 4) is 0 Å². The molecule has 0 saturated carbocycles. The number of benzene rings is 4. The van der Waals surface area contributed by atoms with E-state index < -0.39 is 8.07 Å². The van der Waals surface area contributed by atoms with Crippen molar-refractivity contribution in [2.45, 2.75) is 13.1 Å². The molecule has 5 rings (SSSR count). The maximum atomic E-state index is 2.49. The summed E-state index contributed by atoms with van der Waals surface area (Å²) in [5.74, 6) is 0. The van der Waals surface area contributed by atoms with Gasteiger partial charge in [0.1, 0.15) is 8.07 Å². The highest BCUT2D eigenvalue weighted by molar-refractivity contribution is 7.03. The van der Waals surface area contributed by atoms with Crippen LogP contribution in [0.2, 0.25) is 13.1 Å². The Hall–Kier alpha value is -2.58. The summed E-state index contributed by atoms with van der Waals surface area (Å²) in [7, 11) is 0.475. The number of anilines is 2. The first-order chi connectivity index (χ1) is 12.1. The zero-order valence-corrected chi connectivity index (χ0v) is 15.9. The van der Waals surface area contributed by atoms with Gasteiger partial charge in [0.2, 0.25) is 0 Å². The van der Waals surface area contributed by atoms with Crippen LogP contribution in [-0.4, -0.2) is 15.1 Å². The smallest absolute Gasteiger partial charge is 0.117 e. The van der Waals surface area contributed by atoms with Gasteiger partial charge in [-0.3, -0.25) is 0 Å². The lowest BCUT2D eigenvalue weighted by Gasteiger charge is -2.40. The molecule has 4 aromatic carbocycles. The Kier molecular flexibility index (Phi) is 2.92. The lowest BCUT2D eigenvalue weighted by atomic mass is 10.1. The van der Waals surface area contributed by atoms with Crippen LogP contribution in [0.1, 0.15) is 0 Å². The van der Waals surface area contributed by atoms with Crippen LogP contribution in [0.5, 0.6) is 0 Å². The monoisotopic (exact) mass is 339 g/mol. The van der Waals surface area contributed by atoms with Crippen molar-refractivity contribution in [1.82, 2.24) is 0 Å². The fourth-order valence-corrected chi connectivity index (χ4v) is 7.47. The highest BCUT2D eigenvalue weighted by Crippen LogP contribution is 2.36. The van der Waals surface area contributed by atoms with Crippen molar-refractivity contribution < 1.29 is 0 Å². The highest BCUT2D eigenvalue weighted by Gasteiger charge is 2.37. The molecule has 0 radical (unpaired) electrons. The van der Waals surface area contributed by atoms with Crippen molar-refractivity contribution in [2.24, 2.45) is 0 Å². The van der Waals surface area contributed by atoms with Crippen molar-refractivity contribution in [3.63, 3.8) is 0 Å². The van der Waals surface area contributed by atoms with E-state index in [0.717, 1.165) is 0 Å². The summed E-state index contributed by atoms with van der Waals surface area (Å²) in [6, 6.07) is 27.0. The molecule has 0 aliphatic carbocycles. The van der Waals surface area contributed by atoms with Gasteiger partial charge in [-0.1, -0.05) is 79.8 Å². The van der Waals surface area contributed by atoms with Crippen LogP contribution in [0.15, 0.2) is 72.8 Å². The van der Waals surface area contributed by atoms with Gasteiger partial charge in [0.05, 0.1) is 0 Å². The maximum Gasteiger partial charge on any atom is 0.117 e. The molecule has 4 aromatic rings. The first kappa shape index (κ1) is 14.7. The fraction of sp³-hybridized carbons (Fsp3) is 0.130. The van der Waals surface area contributed by atoms with Gasteiger partial charge in [-0.15, -0.1) is 0 Å².